The third-order valence-electron chi connectivity index (χ3n) is 10.5. The van der Waals surface area contributed by atoms with Gasteiger partial charge in [0.2, 0.25) is 0 Å². The summed E-state index contributed by atoms with van der Waals surface area (Å²) in [6, 6.07) is 65.6. The molecule has 238 valence electrons. The first kappa shape index (κ1) is 28.0. The molecule has 2 heterocycles. The number of rotatable bonds is 4. The average molecular weight is 651 g/mol. The van der Waals surface area contributed by atoms with Crippen molar-refractivity contribution in [1.29, 1.82) is 0 Å². The van der Waals surface area contributed by atoms with Crippen molar-refractivity contribution in [2.24, 2.45) is 0 Å². The van der Waals surface area contributed by atoms with E-state index in [0.29, 0.717) is 0 Å². The highest BCUT2D eigenvalue weighted by Crippen LogP contribution is 2.44. The van der Waals surface area contributed by atoms with Gasteiger partial charge in [-0.2, -0.15) is 0 Å². The fraction of sp³-hybridized carbons (Fsp3) is 0. The minimum absolute atomic E-state index is 0.906. The molecule has 0 spiro atoms. The second kappa shape index (κ2) is 10.8. The summed E-state index contributed by atoms with van der Waals surface area (Å²) < 4.78 is 8.92. The van der Waals surface area contributed by atoms with E-state index in [0.717, 1.165) is 55.5 Å². The monoisotopic (exact) mass is 650 g/mol. The van der Waals surface area contributed by atoms with Gasteiger partial charge < -0.3 is 13.9 Å². The highest BCUT2D eigenvalue weighted by Gasteiger charge is 2.20. The van der Waals surface area contributed by atoms with Gasteiger partial charge in [-0.25, -0.2) is 0 Å². The van der Waals surface area contributed by atoms with E-state index in [9.17, 15) is 0 Å². The number of benzene rings is 9. The van der Waals surface area contributed by atoms with E-state index in [1.54, 1.807) is 0 Å². The maximum Gasteiger partial charge on any atom is 0.143 e. The van der Waals surface area contributed by atoms with Crippen molar-refractivity contribution in [3.05, 3.63) is 182 Å². The summed E-state index contributed by atoms with van der Waals surface area (Å²) in [4.78, 5) is 2.41. The van der Waals surface area contributed by atoms with Gasteiger partial charge in [-0.3, -0.25) is 0 Å². The molecular formula is C48H30N2O. The standard InChI is InChI=1S/C48H30N2O/c1-2-12-36-32(11-1)29-46(38-14-4-3-13-37(36)38)49(35-23-21-31-22-28-42-41-17-7-10-20-47(41)51-48(42)43(31)30-35)33-24-26-34(27-25-33)50-44-18-8-5-15-39(44)40-16-6-9-19-45(40)50/h1-30H. The van der Waals surface area contributed by atoms with E-state index < -0.39 is 0 Å². The van der Waals surface area contributed by atoms with Crippen LogP contribution in [0.4, 0.5) is 17.1 Å². The Morgan fingerprint density at radius 2 is 0.961 bits per heavy atom. The minimum atomic E-state index is 0.906. The van der Waals surface area contributed by atoms with Crippen molar-refractivity contribution in [3.63, 3.8) is 0 Å². The van der Waals surface area contributed by atoms with Gasteiger partial charge in [0.25, 0.3) is 0 Å². The molecule has 2 aromatic heterocycles. The number of para-hydroxylation sites is 3. The van der Waals surface area contributed by atoms with E-state index in [1.165, 1.54) is 43.4 Å². The lowest BCUT2D eigenvalue weighted by Crippen LogP contribution is -2.11. The van der Waals surface area contributed by atoms with Crippen LogP contribution in [0.5, 0.6) is 0 Å². The second-order valence-corrected chi connectivity index (χ2v) is 13.3. The number of aromatic nitrogens is 1. The molecule has 0 N–H and O–H groups in total. The normalized spacial score (nSPS) is 11.9. The molecule has 0 aliphatic rings. The first-order valence-corrected chi connectivity index (χ1v) is 17.4. The lowest BCUT2D eigenvalue weighted by Gasteiger charge is -2.28. The van der Waals surface area contributed by atoms with Gasteiger partial charge in [0.1, 0.15) is 11.2 Å². The molecule has 0 aliphatic carbocycles. The Bertz CT molecular complexity index is 3090. The largest absolute Gasteiger partial charge is 0.455 e. The molecule has 0 saturated heterocycles. The van der Waals surface area contributed by atoms with E-state index >= 15 is 0 Å². The zero-order chi connectivity index (χ0) is 33.5. The highest BCUT2D eigenvalue weighted by molar-refractivity contribution is 6.17. The Labute approximate surface area is 293 Å². The van der Waals surface area contributed by atoms with Crippen molar-refractivity contribution >= 4 is 93.1 Å². The Morgan fingerprint density at radius 1 is 0.373 bits per heavy atom. The molecule has 11 aromatic rings. The summed E-state index contributed by atoms with van der Waals surface area (Å²) in [6.07, 6.45) is 0. The van der Waals surface area contributed by atoms with Gasteiger partial charge >= 0.3 is 0 Å². The molecule has 11 rings (SSSR count). The second-order valence-electron chi connectivity index (χ2n) is 13.3. The lowest BCUT2D eigenvalue weighted by molar-refractivity contribution is 0.672. The molecule has 0 fully saturated rings. The molecule has 0 unspecified atom stereocenters. The van der Waals surface area contributed by atoms with Gasteiger partial charge in [0, 0.05) is 49.4 Å². The van der Waals surface area contributed by atoms with Crippen molar-refractivity contribution in [1.82, 2.24) is 4.57 Å². The van der Waals surface area contributed by atoms with E-state index in [2.05, 4.69) is 185 Å². The smallest absolute Gasteiger partial charge is 0.143 e. The number of hydrogen-bond donors (Lipinski definition) is 0. The van der Waals surface area contributed by atoms with Crippen molar-refractivity contribution < 1.29 is 4.42 Å². The van der Waals surface area contributed by atoms with E-state index in [-0.39, 0.29) is 0 Å². The first-order chi connectivity index (χ1) is 25.3. The number of anilines is 3. The number of nitrogens with zero attached hydrogens (tertiary/aromatic N) is 2. The Morgan fingerprint density at radius 3 is 1.73 bits per heavy atom. The fourth-order valence-electron chi connectivity index (χ4n) is 8.23. The summed E-state index contributed by atoms with van der Waals surface area (Å²) in [6.45, 7) is 0. The molecule has 0 atom stereocenters. The zero-order valence-corrected chi connectivity index (χ0v) is 27.6. The van der Waals surface area contributed by atoms with Crippen LogP contribution in [0.15, 0.2) is 186 Å². The molecule has 51 heavy (non-hydrogen) atoms. The predicted molar refractivity (Wildman–Crippen MR) is 215 cm³/mol. The summed E-state index contributed by atoms with van der Waals surface area (Å²) in [7, 11) is 0. The molecule has 9 aromatic carbocycles. The fourth-order valence-corrected chi connectivity index (χ4v) is 8.23. The highest BCUT2D eigenvalue weighted by atomic mass is 16.3. The number of fused-ring (bicyclic) bond motifs is 11. The van der Waals surface area contributed by atoms with Crippen LogP contribution < -0.4 is 4.90 Å². The molecule has 3 nitrogen and oxygen atoms in total. The van der Waals surface area contributed by atoms with Crippen molar-refractivity contribution in [2.45, 2.75) is 0 Å². The Balaban J connectivity index is 1.17. The molecule has 3 heteroatoms. The summed E-state index contributed by atoms with van der Waals surface area (Å²) in [5, 5.41) is 11.9. The van der Waals surface area contributed by atoms with Crippen LogP contribution in [0.25, 0.3) is 81.7 Å². The van der Waals surface area contributed by atoms with Crippen LogP contribution in [-0.4, -0.2) is 4.57 Å². The van der Waals surface area contributed by atoms with Gasteiger partial charge in [-0.15, -0.1) is 0 Å². The lowest BCUT2D eigenvalue weighted by atomic mass is 9.98. The maximum absolute atomic E-state index is 6.55. The minimum Gasteiger partial charge on any atom is -0.455 e. The molecule has 0 bridgehead atoms. The van der Waals surface area contributed by atoms with Crippen LogP contribution in [0.2, 0.25) is 0 Å². The maximum atomic E-state index is 6.55. The van der Waals surface area contributed by atoms with Gasteiger partial charge in [-0.05, 0) is 88.3 Å². The average Bonchev–Trinajstić information content (AvgIpc) is 3.75. The van der Waals surface area contributed by atoms with Gasteiger partial charge in [0.05, 0.1) is 16.7 Å². The molecular weight excluding hydrogens is 621 g/mol. The summed E-state index contributed by atoms with van der Waals surface area (Å²) in [5.74, 6) is 0. The van der Waals surface area contributed by atoms with Crippen LogP contribution in [-0.2, 0) is 0 Å². The van der Waals surface area contributed by atoms with E-state index in [1.807, 2.05) is 6.07 Å². The van der Waals surface area contributed by atoms with Crippen LogP contribution >= 0.6 is 0 Å². The molecule has 0 aliphatic heterocycles. The third-order valence-corrected chi connectivity index (χ3v) is 10.5. The zero-order valence-electron chi connectivity index (χ0n) is 27.6. The number of furan rings is 1. The molecule has 0 amide bonds. The first-order valence-electron chi connectivity index (χ1n) is 17.4. The van der Waals surface area contributed by atoms with Gasteiger partial charge in [-0.1, -0.05) is 115 Å². The number of hydrogen-bond acceptors (Lipinski definition) is 2. The van der Waals surface area contributed by atoms with Gasteiger partial charge in [0.15, 0.2) is 0 Å². The van der Waals surface area contributed by atoms with Crippen LogP contribution in [0.1, 0.15) is 0 Å². The summed E-state index contributed by atoms with van der Waals surface area (Å²) >= 11 is 0. The van der Waals surface area contributed by atoms with Crippen molar-refractivity contribution in [3.8, 4) is 5.69 Å². The van der Waals surface area contributed by atoms with E-state index in [4.69, 9.17) is 4.42 Å². The Hall–Kier alpha value is -6.84. The Kier molecular flexibility index (Phi) is 5.96. The van der Waals surface area contributed by atoms with Crippen molar-refractivity contribution in [2.75, 3.05) is 4.90 Å². The van der Waals surface area contributed by atoms with Crippen LogP contribution in [0, 0.1) is 0 Å². The van der Waals surface area contributed by atoms with Crippen LogP contribution in [0.3, 0.4) is 0 Å². The summed E-state index contributed by atoms with van der Waals surface area (Å²) in [5.41, 5.74) is 8.63. The topological polar surface area (TPSA) is 21.3 Å². The molecule has 0 radical (unpaired) electrons. The quantitative estimate of drug-likeness (QED) is 0.177. The predicted octanol–water partition coefficient (Wildman–Crippen LogP) is 13.6. The third kappa shape index (κ3) is 4.19. The molecule has 0 saturated carbocycles. The SMILES string of the molecule is c1ccc2c(c1)cc(N(c1ccc(-n3c4ccccc4c4ccccc43)cc1)c1ccc3ccc4c5ccccc5oc4c3c1)c1ccccc12.